The molecule has 0 saturated carbocycles. The van der Waals surface area contributed by atoms with E-state index in [4.69, 9.17) is 15.2 Å². The van der Waals surface area contributed by atoms with E-state index >= 15 is 0 Å². The standard InChI is InChI=1S/C16H18BrNO2/c1-3-9-19-14-5-4-6-15(16(14)18)20-13-8-7-11(2)10-12(13)17/h4-8,10H,3,9,18H2,1-2H3. The number of hydrogen-bond donors (Lipinski definition) is 1. The smallest absolute Gasteiger partial charge is 0.154 e. The van der Waals surface area contributed by atoms with E-state index in [9.17, 15) is 0 Å². The summed E-state index contributed by atoms with van der Waals surface area (Å²) >= 11 is 3.49. The molecule has 0 radical (unpaired) electrons. The third-order valence-corrected chi connectivity index (χ3v) is 3.41. The molecule has 0 bridgehead atoms. The highest BCUT2D eigenvalue weighted by atomic mass is 79.9. The molecule has 0 saturated heterocycles. The maximum atomic E-state index is 6.09. The Morgan fingerprint density at radius 1 is 1.10 bits per heavy atom. The molecule has 0 amide bonds. The summed E-state index contributed by atoms with van der Waals surface area (Å²) in [5.41, 5.74) is 7.77. The molecule has 20 heavy (non-hydrogen) atoms. The molecular weight excluding hydrogens is 318 g/mol. The number of aryl methyl sites for hydroxylation is 1. The van der Waals surface area contributed by atoms with E-state index in [1.54, 1.807) is 0 Å². The monoisotopic (exact) mass is 335 g/mol. The van der Waals surface area contributed by atoms with E-state index in [0.717, 1.165) is 22.2 Å². The lowest BCUT2D eigenvalue weighted by atomic mass is 10.2. The van der Waals surface area contributed by atoms with Crippen LogP contribution in [0.15, 0.2) is 40.9 Å². The predicted molar refractivity (Wildman–Crippen MR) is 85.6 cm³/mol. The molecule has 0 unspecified atom stereocenters. The Kier molecular flexibility index (Phi) is 4.90. The molecule has 3 nitrogen and oxygen atoms in total. The molecule has 0 fully saturated rings. The first kappa shape index (κ1) is 14.7. The van der Waals surface area contributed by atoms with Crippen LogP contribution >= 0.6 is 15.9 Å². The highest BCUT2D eigenvalue weighted by Crippen LogP contribution is 2.37. The van der Waals surface area contributed by atoms with Crippen molar-refractivity contribution in [2.75, 3.05) is 12.3 Å². The zero-order valence-corrected chi connectivity index (χ0v) is 13.2. The largest absolute Gasteiger partial charge is 0.491 e. The average Bonchev–Trinajstić information content (AvgIpc) is 2.42. The van der Waals surface area contributed by atoms with Crippen LogP contribution < -0.4 is 15.2 Å². The van der Waals surface area contributed by atoms with Crippen LogP contribution in [-0.4, -0.2) is 6.61 Å². The first-order chi connectivity index (χ1) is 9.61. The van der Waals surface area contributed by atoms with Crippen molar-refractivity contribution in [1.82, 2.24) is 0 Å². The summed E-state index contributed by atoms with van der Waals surface area (Å²) in [6.07, 6.45) is 0.939. The molecule has 106 valence electrons. The van der Waals surface area contributed by atoms with E-state index < -0.39 is 0 Å². The minimum absolute atomic E-state index is 0.522. The molecule has 0 aliphatic carbocycles. The van der Waals surface area contributed by atoms with Crippen molar-refractivity contribution in [3.63, 3.8) is 0 Å². The lowest BCUT2D eigenvalue weighted by Crippen LogP contribution is -2.00. The van der Waals surface area contributed by atoms with Gasteiger partial charge in [0, 0.05) is 0 Å². The fourth-order valence-corrected chi connectivity index (χ4v) is 2.33. The Morgan fingerprint density at radius 3 is 2.55 bits per heavy atom. The SMILES string of the molecule is CCCOc1cccc(Oc2ccc(C)cc2Br)c1N. The summed E-state index contributed by atoms with van der Waals surface area (Å²) in [4.78, 5) is 0. The highest BCUT2D eigenvalue weighted by molar-refractivity contribution is 9.10. The molecule has 2 aromatic carbocycles. The first-order valence-electron chi connectivity index (χ1n) is 6.57. The van der Waals surface area contributed by atoms with Crippen LogP contribution in [0.4, 0.5) is 5.69 Å². The Hall–Kier alpha value is -1.68. The fourth-order valence-electron chi connectivity index (χ4n) is 1.76. The van der Waals surface area contributed by atoms with Gasteiger partial charge >= 0.3 is 0 Å². The van der Waals surface area contributed by atoms with Gasteiger partial charge in [0.25, 0.3) is 0 Å². The maximum Gasteiger partial charge on any atom is 0.154 e. The summed E-state index contributed by atoms with van der Waals surface area (Å²) in [7, 11) is 0. The summed E-state index contributed by atoms with van der Waals surface area (Å²) in [5, 5.41) is 0. The number of para-hydroxylation sites is 1. The van der Waals surface area contributed by atoms with Crippen LogP contribution in [0, 0.1) is 6.92 Å². The summed E-state index contributed by atoms with van der Waals surface area (Å²) in [6.45, 7) is 4.73. The van der Waals surface area contributed by atoms with E-state index in [0.29, 0.717) is 23.8 Å². The van der Waals surface area contributed by atoms with Gasteiger partial charge in [-0.05, 0) is 59.1 Å². The van der Waals surface area contributed by atoms with Crippen molar-refractivity contribution in [2.24, 2.45) is 0 Å². The van der Waals surface area contributed by atoms with Crippen LogP contribution in [0.3, 0.4) is 0 Å². The molecule has 2 N–H and O–H groups in total. The van der Waals surface area contributed by atoms with Crippen LogP contribution in [0.5, 0.6) is 17.2 Å². The van der Waals surface area contributed by atoms with Crippen molar-refractivity contribution >= 4 is 21.6 Å². The van der Waals surface area contributed by atoms with Gasteiger partial charge < -0.3 is 15.2 Å². The summed E-state index contributed by atoms with van der Waals surface area (Å²) in [5.74, 6) is 1.99. The number of hydrogen-bond acceptors (Lipinski definition) is 3. The highest BCUT2D eigenvalue weighted by Gasteiger charge is 2.10. The lowest BCUT2D eigenvalue weighted by molar-refractivity contribution is 0.318. The van der Waals surface area contributed by atoms with E-state index in [-0.39, 0.29) is 0 Å². The van der Waals surface area contributed by atoms with Gasteiger partial charge in [0.2, 0.25) is 0 Å². The summed E-state index contributed by atoms with van der Waals surface area (Å²) in [6, 6.07) is 11.5. The fraction of sp³-hybridized carbons (Fsp3) is 0.250. The molecule has 0 heterocycles. The Labute approximate surface area is 127 Å². The number of halogens is 1. The van der Waals surface area contributed by atoms with Crippen molar-refractivity contribution in [2.45, 2.75) is 20.3 Å². The van der Waals surface area contributed by atoms with Gasteiger partial charge in [-0.2, -0.15) is 0 Å². The van der Waals surface area contributed by atoms with Crippen LogP contribution in [0.25, 0.3) is 0 Å². The second kappa shape index (κ2) is 6.66. The predicted octanol–water partition coefficient (Wildman–Crippen LogP) is 4.92. The van der Waals surface area contributed by atoms with Gasteiger partial charge in [0.1, 0.15) is 17.2 Å². The molecule has 0 atom stereocenters. The summed E-state index contributed by atoms with van der Waals surface area (Å²) < 4.78 is 12.4. The van der Waals surface area contributed by atoms with E-state index in [1.165, 1.54) is 0 Å². The second-order valence-electron chi connectivity index (χ2n) is 4.55. The molecule has 0 aromatic heterocycles. The Morgan fingerprint density at radius 2 is 1.85 bits per heavy atom. The van der Waals surface area contributed by atoms with E-state index in [2.05, 4.69) is 22.9 Å². The second-order valence-corrected chi connectivity index (χ2v) is 5.41. The van der Waals surface area contributed by atoms with Gasteiger partial charge in [-0.15, -0.1) is 0 Å². The number of nitrogens with two attached hydrogens (primary N) is 1. The lowest BCUT2D eigenvalue weighted by Gasteiger charge is -2.13. The van der Waals surface area contributed by atoms with Gasteiger partial charge in [0.05, 0.1) is 11.1 Å². The average molecular weight is 336 g/mol. The van der Waals surface area contributed by atoms with Crippen molar-refractivity contribution < 1.29 is 9.47 Å². The zero-order valence-electron chi connectivity index (χ0n) is 11.7. The Balaban J connectivity index is 2.24. The molecule has 0 spiro atoms. The Bertz CT molecular complexity index is 599. The number of benzene rings is 2. The third kappa shape index (κ3) is 3.45. The number of anilines is 1. The quantitative estimate of drug-likeness (QED) is 0.788. The van der Waals surface area contributed by atoms with Crippen LogP contribution in [-0.2, 0) is 0 Å². The van der Waals surface area contributed by atoms with Gasteiger partial charge in [0.15, 0.2) is 5.75 Å². The van der Waals surface area contributed by atoms with Crippen LogP contribution in [0.2, 0.25) is 0 Å². The molecule has 0 aliphatic heterocycles. The number of nitrogen functional groups attached to an aromatic ring is 1. The third-order valence-electron chi connectivity index (χ3n) is 2.80. The first-order valence-corrected chi connectivity index (χ1v) is 7.36. The molecule has 2 aromatic rings. The van der Waals surface area contributed by atoms with Crippen LogP contribution in [0.1, 0.15) is 18.9 Å². The molecular formula is C16H18BrNO2. The van der Waals surface area contributed by atoms with Crippen molar-refractivity contribution in [1.29, 1.82) is 0 Å². The molecule has 2 rings (SSSR count). The number of ether oxygens (including phenoxy) is 2. The number of rotatable bonds is 5. The molecule has 0 aliphatic rings. The zero-order chi connectivity index (χ0) is 14.5. The van der Waals surface area contributed by atoms with Crippen molar-refractivity contribution in [3.05, 3.63) is 46.4 Å². The van der Waals surface area contributed by atoms with E-state index in [1.807, 2.05) is 43.3 Å². The maximum absolute atomic E-state index is 6.09. The van der Waals surface area contributed by atoms with Crippen molar-refractivity contribution in [3.8, 4) is 17.2 Å². The minimum Gasteiger partial charge on any atom is -0.491 e. The molecule has 4 heteroatoms. The topological polar surface area (TPSA) is 44.5 Å². The minimum atomic E-state index is 0.522. The normalized spacial score (nSPS) is 10.3. The van der Waals surface area contributed by atoms with Gasteiger partial charge in [-0.3, -0.25) is 0 Å². The van der Waals surface area contributed by atoms with Gasteiger partial charge in [-0.25, -0.2) is 0 Å². The van der Waals surface area contributed by atoms with Gasteiger partial charge in [-0.1, -0.05) is 19.1 Å².